The molecule has 1 aromatic carbocycles. The molecule has 21 heavy (non-hydrogen) atoms. The Balaban J connectivity index is 1.87. The number of aryl methyl sites for hydroxylation is 2. The van der Waals surface area contributed by atoms with Crippen LogP contribution in [0.4, 0.5) is 5.69 Å². The summed E-state index contributed by atoms with van der Waals surface area (Å²) in [6, 6.07) is 5.96. The number of carbonyl (C=O) groups is 2. The Morgan fingerprint density at radius 3 is 2.33 bits per heavy atom. The summed E-state index contributed by atoms with van der Waals surface area (Å²) in [5.41, 5.74) is 8.34. The molecular weight excluding hydrogens is 266 g/mol. The maximum Gasteiger partial charge on any atom is 0.238 e. The number of benzene rings is 1. The lowest BCUT2D eigenvalue weighted by Gasteiger charge is -2.29. The summed E-state index contributed by atoms with van der Waals surface area (Å²) in [5, 5.41) is 2.99. The van der Waals surface area contributed by atoms with Crippen LogP contribution in [0, 0.1) is 19.8 Å². The molecule has 0 spiro atoms. The van der Waals surface area contributed by atoms with Gasteiger partial charge in [-0.3, -0.25) is 14.5 Å². The van der Waals surface area contributed by atoms with Gasteiger partial charge in [-0.1, -0.05) is 18.2 Å². The number of nitrogens with zero attached hydrogens (tertiary/aromatic N) is 1. The third-order valence-corrected chi connectivity index (χ3v) is 4.10. The van der Waals surface area contributed by atoms with Gasteiger partial charge in [0.15, 0.2) is 0 Å². The summed E-state index contributed by atoms with van der Waals surface area (Å²) >= 11 is 0. The molecule has 1 aliphatic rings. The molecule has 1 saturated heterocycles. The van der Waals surface area contributed by atoms with E-state index in [1.54, 1.807) is 0 Å². The number of hydrogen-bond donors (Lipinski definition) is 2. The smallest absolute Gasteiger partial charge is 0.238 e. The molecule has 1 aliphatic heterocycles. The lowest BCUT2D eigenvalue weighted by Crippen LogP contribution is -2.42. The maximum atomic E-state index is 12.2. The van der Waals surface area contributed by atoms with Crippen LogP contribution in [0.1, 0.15) is 24.0 Å². The number of nitrogens with one attached hydrogen (secondary N) is 1. The Bertz CT molecular complexity index is 514. The van der Waals surface area contributed by atoms with Crippen LogP contribution in [0.2, 0.25) is 0 Å². The van der Waals surface area contributed by atoms with Gasteiger partial charge in [0.25, 0.3) is 0 Å². The number of piperidine rings is 1. The number of primary amides is 1. The topological polar surface area (TPSA) is 75.4 Å². The van der Waals surface area contributed by atoms with Gasteiger partial charge < -0.3 is 11.1 Å². The van der Waals surface area contributed by atoms with Gasteiger partial charge >= 0.3 is 0 Å². The molecule has 2 rings (SSSR count). The van der Waals surface area contributed by atoms with Crippen molar-refractivity contribution in [3.8, 4) is 0 Å². The number of rotatable bonds is 4. The predicted octanol–water partition coefficient (Wildman–Crippen LogP) is 1.44. The first-order chi connectivity index (χ1) is 9.97. The zero-order valence-corrected chi connectivity index (χ0v) is 12.7. The van der Waals surface area contributed by atoms with Gasteiger partial charge in [0, 0.05) is 11.6 Å². The zero-order valence-electron chi connectivity index (χ0n) is 12.7. The first kappa shape index (κ1) is 15.5. The van der Waals surface area contributed by atoms with Gasteiger partial charge in [0.05, 0.1) is 6.54 Å². The van der Waals surface area contributed by atoms with Crippen molar-refractivity contribution < 1.29 is 9.59 Å². The Morgan fingerprint density at radius 2 is 1.81 bits per heavy atom. The van der Waals surface area contributed by atoms with Gasteiger partial charge in [-0.05, 0) is 50.9 Å². The Hall–Kier alpha value is -1.88. The third kappa shape index (κ3) is 4.04. The van der Waals surface area contributed by atoms with E-state index in [2.05, 4.69) is 10.2 Å². The SMILES string of the molecule is Cc1cccc(C)c1NC(=O)CN1CCC(C(N)=O)CC1. The second kappa shape index (κ2) is 6.72. The average Bonchev–Trinajstić information content (AvgIpc) is 2.43. The van der Waals surface area contributed by atoms with Crippen LogP contribution in [-0.4, -0.2) is 36.3 Å². The van der Waals surface area contributed by atoms with Crippen LogP contribution >= 0.6 is 0 Å². The molecule has 0 bridgehead atoms. The van der Waals surface area contributed by atoms with Crippen LogP contribution in [0.25, 0.3) is 0 Å². The Morgan fingerprint density at radius 1 is 1.24 bits per heavy atom. The zero-order chi connectivity index (χ0) is 15.4. The molecule has 2 amide bonds. The largest absolute Gasteiger partial charge is 0.369 e. The minimum atomic E-state index is -0.227. The highest BCUT2D eigenvalue weighted by Crippen LogP contribution is 2.20. The van der Waals surface area contributed by atoms with E-state index >= 15 is 0 Å². The number of amides is 2. The van der Waals surface area contributed by atoms with E-state index in [-0.39, 0.29) is 17.7 Å². The number of carbonyl (C=O) groups excluding carboxylic acids is 2. The van der Waals surface area contributed by atoms with Crippen molar-refractivity contribution in [1.82, 2.24) is 4.90 Å². The summed E-state index contributed by atoms with van der Waals surface area (Å²) in [6.45, 7) is 5.82. The predicted molar refractivity (Wildman–Crippen MR) is 82.9 cm³/mol. The summed E-state index contributed by atoms with van der Waals surface area (Å²) < 4.78 is 0. The molecule has 0 atom stereocenters. The number of hydrogen-bond acceptors (Lipinski definition) is 3. The summed E-state index contributed by atoms with van der Waals surface area (Å²) in [6.07, 6.45) is 1.48. The minimum Gasteiger partial charge on any atom is -0.369 e. The average molecular weight is 289 g/mol. The lowest BCUT2D eigenvalue weighted by atomic mass is 9.96. The highest BCUT2D eigenvalue weighted by atomic mass is 16.2. The van der Waals surface area contributed by atoms with E-state index in [0.29, 0.717) is 6.54 Å². The molecule has 1 fully saturated rings. The fraction of sp³-hybridized carbons (Fsp3) is 0.500. The molecule has 0 saturated carbocycles. The molecule has 5 nitrogen and oxygen atoms in total. The second-order valence-electron chi connectivity index (χ2n) is 5.77. The van der Waals surface area contributed by atoms with Gasteiger partial charge in [-0.25, -0.2) is 0 Å². The van der Waals surface area contributed by atoms with Crippen molar-refractivity contribution in [2.24, 2.45) is 11.7 Å². The normalized spacial score (nSPS) is 16.7. The summed E-state index contributed by atoms with van der Waals surface area (Å²) in [4.78, 5) is 25.4. The first-order valence-electron chi connectivity index (χ1n) is 7.35. The van der Waals surface area contributed by atoms with Gasteiger partial charge in [-0.2, -0.15) is 0 Å². The first-order valence-corrected chi connectivity index (χ1v) is 7.35. The van der Waals surface area contributed by atoms with Crippen molar-refractivity contribution in [1.29, 1.82) is 0 Å². The molecule has 1 aromatic rings. The molecule has 1 heterocycles. The number of likely N-dealkylation sites (tertiary alicyclic amines) is 1. The van der Waals surface area contributed by atoms with E-state index in [0.717, 1.165) is 42.7 Å². The van der Waals surface area contributed by atoms with Gasteiger partial charge in [-0.15, -0.1) is 0 Å². The standard InChI is InChI=1S/C16H23N3O2/c1-11-4-3-5-12(2)15(11)18-14(20)10-19-8-6-13(7-9-19)16(17)21/h3-5,13H,6-10H2,1-2H3,(H2,17,21)(H,18,20). The maximum absolute atomic E-state index is 12.2. The van der Waals surface area contributed by atoms with E-state index in [1.165, 1.54) is 0 Å². The van der Waals surface area contributed by atoms with Crippen LogP contribution in [0.3, 0.4) is 0 Å². The van der Waals surface area contributed by atoms with Crippen molar-refractivity contribution in [3.63, 3.8) is 0 Å². The third-order valence-electron chi connectivity index (χ3n) is 4.10. The lowest BCUT2D eigenvalue weighted by molar-refractivity contribution is -0.123. The molecule has 0 aromatic heterocycles. The van der Waals surface area contributed by atoms with E-state index < -0.39 is 0 Å². The Labute approximate surface area is 125 Å². The van der Waals surface area contributed by atoms with Crippen molar-refractivity contribution in [2.45, 2.75) is 26.7 Å². The molecule has 5 heteroatoms. The molecule has 3 N–H and O–H groups in total. The monoisotopic (exact) mass is 289 g/mol. The Kier molecular flexibility index (Phi) is 4.96. The number of para-hydroxylation sites is 1. The number of nitrogens with two attached hydrogens (primary N) is 1. The summed E-state index contributed by atoms with van der Waals surface area (Å²) in [7, 11) is 0. The van der Waals surface area contributed by atoms with Crippen LogP contribution < -0.4 is 11.1 Å². The van der Waals surface area contributed by atoms with E-state index in [9.17, 15) is 9.59 Å². The molecule has 0 radical (unpaired) electrons. The molecule has 114 valence electrons. The minimum absolute atomic E-state index is 0.00933. The van der Waals surface area contributed by atoms with Crippen molar-refractivity contribution in [3.05, 3.63) is 29.3 Å². The molecule has 0 aliphatic carbocycles. The van der Waals surface area contributed by atoms with Crippen LogP contribution in [-0.2, 0) is 9.59 Å². The second-order valence-corrected chi connectivity index (χ2v) is 5.77. The van der Waals surface area contributed by atoms with Crippen LogP contribution in [0.15, 0.2) is 18.2 Å². The highest BCUT2D eigenvalue weighted by molar-refractivity contribution is 5.93. The number of anilines is 1. The van der Waals surface area contributed by atoms with Crippen molar-refractivity contribution in [2.75, 3.05) is 25.0 Å². The van der Waals surface area contributed by atoms with Crippen LogP contribution in [0.5, 0.6) is 0 Å². The quantitative estimate of drug-likeness (QED) is 0.880. The van der Waals surface area contributed by atoms with Gasteiger partial charge in [0.1, 0.15) is 0 Å². The van der Waals surface area contributed by atoms with E-state index in [4.69, 9.17) is 5.73 Å². The summed E-state index contributed by atoms with van der Waals surface area (Å²) in [5.74, 6) is -0.275. The highest BCUT2D eigenvalue weighted by Gasteiger charge is 2.24. The molecule has 0 unspecified atom stereocenters. The van der Waals surface area contributed by atoms with Crippen molar-refractivity contribution >= 4 is 17.5 Å². The van der Waals surface area contributed by atoms with E-state index in [1.807, 2.05) is 32.0 Å². The van der Waals surface area contributed by atoms with Gasteiger partial charge in [0.2, 0.25) is 11.8 Å². The fourth-order valence-electron chi connectivity index (χ4n) is 2.77. The fourth-order valence-corrected chi connectivity index (χ4v) is 2.77. The molecular formula is C16H23N3O2.